The molecular weight excluding hydrogens is 198 g/mol. The molecule has 0 spiro atoms. The smallest absolute Gasteiger partial charge is 0.199 e. The van der Waals surface area contributed by atoms with Gasteiger partial charge in [0.25, 0.3) is 0 Å². The molecule has 0 aliphatic rings. The molecule has 1 rings (SSSR count). The molecule has 0 amide bonds. The second-order valence-electron chi connectivity index (χ2n) is 3.10. The van der Waals surface area contributed by atoms with Crippen LogP contribution in [0.1, 0.15) is 0 Å². The van der Waals surface area contributed by atoms with Gasteiger partial charge in [0.1, 0.15) is 0 Å². The van der Waals surface area contributed by atoms with Crippen molar-refractivity contribution >= 4 is 15.5 Å². The molecule has 1 aromatic rings. The van der Waals surface area contributed by atoms with Crippen LogP contribution in [0.5, 0.6) is 0 Å². The summed E-state index contributed by atoms with van der Waals surface area (Å²) in [5.41, 5.74) is 0.855. The summed E-state index contributed by atoms with van der Waals surface area (Å²) < 4.78 is 22.9. The van der Waals surface area contributed by atoms with Crippen LogP contribution in [0.15, 0.2) is 41.1 Å². The summed E-state index contributed by atoms with van der Waals surface area (Å²) in [5, 5.41) is 0.960. The largest absolute Gasteiger partial charge is 0.378 e. The fraction of sp³-hybridized carbons (Fsp3) is 0.200. The van der Waals surface area contributed by atoms with E-state index in [2.05, 4.69) is 6.58 Å². The number of sulfone groups is 1. The van der Waals surface area contributed by atoms with Gasteiger partial charge < -0.3 is 4.90 Å². The number of hydrogen-bond donors (Lipinski definition) is 0. The Morgan fingerprint density at radius 2 is 2.00 bits per heavy atom. The van der Waals surface area contributed by atoms with Gasteiger partial charge in [-0.2, -0.15) is 0 Å². The molecule has 3 nitrogen and oxygen atoms in total. The second kappa shape index (κ2) is 3.84. The third-order valence-corrected chi connectivity index (χ3v) is 3.23. The van der Waals surface area contributed by atoms with E-state index >= 15 is 0 Å². The zero-order valence-electron chi connectivity index (χ0n) is 8.27. The first-order chi connectivity index (χ1) is 6.47. The molecule has 0 aliphatic heterocycles. The lowest BCUT2D eigenvalue weighted by molar-refractivity contribution is 0.604. The van der Waals surface area contributed by atoms with E-state index in [1.807, 2.05) is 25.1 Å². The topological polar surface area (TPSA) is 37.4 Å². The van der Waals surface area contributed by atoms with Crippen molar-refractivity contribution in [2.45, 2.75) is 4.90 Å². The van der Waals surface area contributed by atoms with E-state index in [1.165, 1.54) is 0 Å². The molecule has 0 saturated heterocycles. The van der Waals surface area contributed by atoms with Crippen molar-refractivity contribution in [2.75, 3.05) is 19.0 Å². The van der Waals surface area contributed by atoms with E-state index in [-0.39, 0.29) is 4.90 Å². The van der Waals surface area contributed by atoms with Crippen LogP contribution in [-0.2, 0) is 9.84 Å². The monoisotopic (exact) mass is 211 g/mol. The Hall–Kier alpha value is -1.29. The van der Waals surface area contributed by atoms with E-state index in [4.69, 9.17) is 0 Å². The molecule has 0 atom stereocenters. The zero-order chi connectivity index (χ0) is 10.8. The van der Waals surface area contributed by atoms with Crippen molar-refractivity contribution < 1.29 is 8.42 Å². The third kappa shape index (κ3) is 2.14. The summed E-state index contributed by atoms with van der Waals surface area (Å²) in [4.78, 5) is 2.13. The molecule has 0 heterocycles. The van der Waals surface area contributed by atoms with Gasteiger partial charge in [0, 0.05) is 25.2 Å². The van der Waals surface area contributed by atoms with E-state index in [1.54, 1.807) is 18.2 Å². The van der Waals surface area contributed by atoms with Crippen molar-refractivity contribution in [3.63, 3.8) is 0 Å². The fourth-order valence-corrected chi connectivity index (χ4v) is 1.78. The van der Waals surface area contributed by atoms with Crippen LogP contribution in [-0.4, -0.2) is 22.5 Å². The quantitative estimate of drug-likeness (QED) is 0.763. The van der Waals surface area contributed by atoms with Crippen LogP contribution in [0.3, 0.4) is 0 Å². The molecule has 4 heteroatoms. The molecule has 14 heavy (non-hydrogen) atoms. The van der Waals surface area contributed by atoms with E-state index in [9.17, 15) is 8.42 Å². The molecule has 1 aromatic carbocycles. The summed E-state index contributed by atoms with van der Waals surface area (Å²) in [6, 6.07) is 6.74. The molecule has 0 bridgehead atoms. The summed E-state index contributed by atoms with van der Waals surface area (Å²) in [5.74, 6) is 0. The first kappa shape index (κ1) is 10.8. The molecule has 76 valence electrons. The minimum atomic E-state index is -3.32. The number of anilines is 1. The summed E-state index contributed by atoms with van der Waals surface area (Å²) in [6.45, 7) is 3.28. The normalized spacial score (nSPS) is 11.0. The summed E-state index contributed by atoms with van der Waals surface area (Å²) in [6.07, 6.45) is 0. The van der Waals surface area contributed by atoms with Crippen LogP contribution >= 0.6 is 0 Å². The van der Waals surface area contributed by atoms with Crippen molar-refractivity contribution in [3.8, 4) is 0 Å². The zero-order valence-corrected chi connectivity index (χ0v) is 9.08. The highest BCUT2D eigenvalue weighted by molar-refractivity contribution is 7.94. The Kier molecular flexibility index (Phi) is 2.96. The second-order valence-corrected chi connectivity index (χ2v) is 5.00. The highest BCUT2D eigenvalue weighted by Crippen LogP contribution is 2.18. The molecule has 0 saturated carbocycles. The highest BCUT2D eigenvalue weighted by atomic mass is 32.2. The Labute approximate surface area is 84.6 Å². The molecule has 0 aliphatic carbocycles. The first-order valence-electron chi connectivity index (χ1n) is 4.12. The number of hydrogen-bond acceptors (Lipinski definition) is 3. The molecule has 0 fully saturated rings. The summed E-state index contributed by atoms with van der Waals surface area (Å²) in [7, 11) is 0.405. The maximum Gasteiger partial charge on any atom is 0.199 e. The van der Waals surface area contributed by atoms with Gasteiger partial charge in [-0.15, -0.1) is 0 Å². The maximum atomic E-state index is 11.4. The Morgan fingerprint density at radius 1 is 1.36 bits per heavy atom. The Bertz CT molecular complexity index is 435. The predicted molar refractivity (Wildman–Crippen MR) is 58.2 cm³/mol. The lowest BCUT2D eigenvalue weighted by Gasteiger charge is -2.12. The van der Waals surface area contributed by atoms with Crippen molar-refractivity contribution in [1.29, 1.82) is 0 Å². The highest BCUT2D eigenvalue weighted by Gasteiger charge is 2.09. The number of nitrogens with zero attached hydrogens (tertiary/aromatic N) is 1. The van der Waals surface area contributed by atoms with Crippen LogP contribution in [0.25, 0.3) is 0 Å². The minimum Gasteiger partial charge on any atom is -0.378 e. The lowest BCUT2D eigenvalue weighted by atomic mass is 10.3. The number of benzene rings is 1. The van der Waals surface area contributed by atoms with Gasteiger partial charge in [0.15, 0.2) is 9.84 Å². The fourth-order valence-electron chi connectivity index (χ4n) is 1.03. The standard InChI is InChI=1S/C10H13NO2S/c1-4-14(12,13)10-7-5-6-9(8-10)11(2)3/h4-8H,1H2,2-3H3. The van der Waals surface area contributed by atoms with Gasteiger partial charge in [-0.3, -0.25) is 0 Å². The maximum absolute atomic E-state index is 11.4. The van der Waals surface area contributed by atoms with Gasteiger partial charge in [0.05, 0.1) is 4.90 Å². The first-order valence-corrected chi connectivity index (χ1v) is 5.67. The molecule has 0 aromatic heterocycles. The third-order valence-electron chi connectivity index (χ3n) is 1.88. The van der Waals surface area contributed by atoms with E-state index < -0.39 is 9.84 Å². The average molecular weight is 211 g/mol. The van der Waals surface area contributed by atoms with Gasteiger partial charge in [-0.05, 0) is 18.2 Å². The predicted octanol–water partition coefficient (Wildman–Crippen LogP) is 1.67. The van der Waals surface area contributed by atoms with Crippen molar-refractivity contribution in [1.82, 2.24) is 0 Å². The lowest BCUT2D eigenvalue weighted by Crippen LogP contribution is -2.09. The van der Waals surface area contributed by atoms with E-state index in [0.717, 1.165) is 11.1 Å². The van der Waals surface area contributed by atoms with Crippen LogP contribution in [0.4, 0.5) is 5.69 Å². The van der Waals surface area contributed by atoms with Crippen molar-refractivity contribution in [3.05, 3.63) is 36.3 Å². The molecular formula is C10H13NO2S. The van der Waals surface area contributed by atoms with Crippen LogP contribution in [0, 0.1) is 0 Å². The van der Waals surface area contributed by atoms with Crippen LogP contribution in [0.2, 0.25) is 0 Å². The van der Waals surface area contributed by atoms with Gasteiger partial charge in [-0.1, -0.05) is 12.6 Å². The van der Waals surface area contributed by atoms with Gasteiger partial charge in [0.2, 0.25) is 0 Å². The summed E-state index contributed by atoms with van der Waals surface area (Å²) >= 11 is 0. The molecule has 0 unspecified atom stereocenters. The molecule has 0 N–H and O–H groups in total. The van der Waals surface area contributed by atoms with Crippen molar-refractivity contribution in [2.24, 2.45) is 0 Å². The Balaban J connectivity index is 3.26. The number of rotatable bonds is 3. The van der Waals surface area contributed by atoms with Gasteiger partial charge in [-0.25, -0.2) is 8.42 Å². The Morgan fingerprint density at radius 3 is 2.50 bits per heavy atom. The SMILES string of the molecule is C=CS(=O)(=O)c1cccc(N(C)C)c1. The van der Waals surface area contributed by atoms with Gasteiger partial charge >= 0.3 is 0 Å². The van der Waals surface area contributed by atoms with E-state index in [0.29, 0.717) is 0 Å². The average Bonchev–Trinajstić information content (AvgIpc) is 2.18. The minimum absolute atomic E-state index is 0.277. The van der Waals surface area contributed by atoms with Crippen LogP contribution < -0.4 is 4.90 Å². The molecule has 0 radical (unpaired) electrons.